The molecule has 13 rings (SSSR count). The Morgan fingerprint density at radius 2 is 0.618 bits per heavy atom. The molecule has 0 saturated carbocycles. The van der Waals surface area contributed by atoms with Gasteiger partial charge in [-0.1, -0.05) is 173 Å². The number of fused-ring (bicyclic) bond motifs is 12. The highest BCUT2D eigenvalue weighted by molar-refractivity contribution is 6.28. The molecule has 326 valence electrons. The average molecular weight is 877 g/mol. The van der Waals surface area contributed by atoms with Gasteiger partial charge in [-0.05, 0) is 87.0 Å². The second-order valence-electron chi connectivity index (χ2n) is 18.8. The average Bonchev–Trinajstić information content (AvgIpc) is 3.93. The largest absolute Gasteiger partial charge is 0.456 e. The van der Waals surface area contributed by atoms with Gasteiger partial charge < -0.3 is 18.6 Å². The zero-order valence-corrected chi connectivity index (χ0v) is 38.5. The Kier molecular flexibility index (Phi) is 9.20. The van der Waals surface area contributed by atoms with Crippen molar-refractivity contribution in [1.82, 2.24) is 0 Å². The Balaban J connectivity index is 1.05. The molecule has 0 aliphatic carbocycles. The van der Waals surface area contributed by atoms with Crippen molar-refractivity contribution in [1.29, 1.82) is 0 Å². The summed E-state index contributed by atoms with van der Waals surface area (Å²) in [5, 5.41) is 13.8. The minimum absolute atomic E-state index is 0.390. The zero-order valence-electron chi connectivity index (χ0n) is 38.5. The molecule has 11 aromatic carbocycles. The Hall–Kier alpha value is -8.34. The van der Waals surface area contributed by atoms with Crippen molar-refractivity contribution in [2.24, 2.45) is 0 Å². The number of nitrogens with zero attached hydrogens (tertiary/aromatic N) is 2. The minimum atomic E-state index is 0.390. The van der Waals surface area contributed by atoms with Crippen LogP contribution in [0.15, 0.2) is 215 Å². The van der Waals surface area contributed by atoms with Gasteiger partial charge in [-0.25, -0.2) is 0 Å². The second-order valence-corrected chi connectivity index (χ2v) is 18.8. The smallest absolute Gasteiger partial charge is 0.139 e. The molecule has 0 fully saturated rings. The molecule has 2 aromatic heterocycles. The molecule has 0 N–H and O–H groups in total. The first kappa shape index (κ1) is 40.0. The van der Waals surface area contributed by atoms with Crippen molar-refractivity contribution in [3.63, 3.8) is 0 Å². The van der Waals surface area contributed by atoms with Gasteiger partial charge in [0.05, 0.1) is 22.7 Å². The van der Waals surface area contributed by atoms with E-state index in [-0.39, 0.29) is 0 Å². The maximum absolute atomic E-state index is 7.00. The van der Waals surface area contributed by atoms with Gasteiger partial charge in [-0.15, -0.1) is 0 Å². The summed E-state index contributed by atoms with van der Waals surface area (Å²) in [4.78, 5) is 4.81. The maximum Gasteiger partial charge on any atom is 0.139 e. The summed E-state index contributed by atoms with van der Waals surface area (Å²) in [7, 11) is 0. The molecule has 4 heteroatoms. The molecule has 0 saturated heterocycles. The molecule has 0 radical (unpaired) electrons. The number of benzene rings is 11. The van der Waals surface area contributed by atoms with Gasteiger partial charge in [0, 0.05) is 72.7 Å². The number of hydrogen-bond acceptors (Lipinski definition) is 4. The summed E-state index contributed by atoms with van der Waals surface area (Å²) in [6.45, 7) is 9.08. The van der Waals surface area contributed by atoms with Crippen LogP contribution < -0.4 is 9.80 Å². The molecule has 0 unspecified atom stereocenters. The molecule has 68 heavy (non-hydrogen) atoms. The van der Waals surface area contributed by atoms with Gasteiger partial charge in [0.1, 0.15) is 22.3 Å². The van der Waals surface area contributed by atoms with Crippen LogP contribution in [0.3, 0.4) is 0 Å². The minimum Gasteiger partial charge on any atom is -0.456 e. The van der Waals surface area contributed by atoms with E-state index in [1.165, 1.54) is 32.7 Å². The molecule has 0 bridgehead atoms. The van der Waals surface area contributed by atoms with Crippen LogP contribution in [-0.2, 0) is 0 Å². The predicted molar refractivity (Wildman–Crippen MR) is 289 cm³/mol. The number of rotatable bonds is 8. The lowest BCUT2D eigenvalue weighted by molar-refractivity contribution is 0.656. The Morgan fingerprint density at radius 1 is 0.279 bits per heavy atom. The van der Waals surface area contributed by atoms with Crippen molar-refractivity contribution in [3.05, 3.63) is 217 Å². The fourth-order valence-corrected chi connectivity index (χ4v) is 11.1. The molecular formula is C64H48N2O2. The summed E-state index contributed by atoms with van der Waals surface area (Å²) in [6.07, 6.45) is 0. The lowest BCUT2D eigenvalue weighted by atomic mass is 9.94. The van der Waals surface area contributed by atoms with E-state index in [4.69, 9.17) is 8.83 Å². The Bertz CT molecular complexity index is 3840. The molecule has 0 amide bonds. The van der Waals surface area contributed by atoms with E-state index >= 15 is 0 Å². The van der Waals surface area contributed by atoms with Gasteiger partial charge in [0.15, 0.2) is 0 Å². The first-order valence-electron chi connectivity index (χ1n) is 23.8. The van der Waals surface area contributed by atoms with Gasteiger partial charge >= 0.3 is 0 Å². The van der Waals surface area contributed by atoms with Gasteiger partial charge in [-0.2, -0.15) is 0 Å². The molecule has 0 atom stereocenters. The highest BCUT2D eigenvalue weighted by atomic mass is 16.3. The fourth-order valence-electron chi connectivity index (χ4n) is 11.1. The van der Waals surface area contributed by atoms with E-state index in [1.807, 2.05) is 0 Å². The highest BCUT2D eigenvalue weighted by Crippen LogP contribution is 2.50. The summed E-state index contributed by atoms with van der Waals surface area (Å²) < 4.78 is 14.0. The van der Waals surface area contributed by atoms with Crippen LogP contribution in [-0.4, -0.2) is 0 Å². The van der Waals surface area contributed by atoms with E-state index in [0.717, 1.165) is 99.5 Å². The van der Waals surface area contributed by atoms with E-state index in [2.05, 4.69) is 244 Å². The number of para-hydroxylation sites is 2. The quantitative estimate of drug-likeness (QED) is 0.152. The van der Waals surface area contributed by atoms with Crippen LogP contribution >= 0.6 is 0 Å². The predicted octanol–water partition coefficient (Wildman–Crippen LogP) is 19.3. The Morgan fingerprint density at radius 3 is 1.00 bits per heavy atom. The van der Waals surface area contributed by atoms with Crippen molar-refractivity contribution in [3.8, 4) is 0 Å². The van der Waals surface area contributed by atoms with Crippen LogP contribution in [0.4, 0.5) is 34.1 Å². The van der Waals surface area contributed by atoms with Crippen LogP contribution in [0.2, 0.25) is 0 Å². The lowest BCUT2D eigenvalue weighted by Crippen LogP contribution is -2.11. The standard InChI is InChI=1S/C64H48N2O2/c1-39(2)43-31-33-55(47-25-13-11-23-45(43)47)65(41-19-7-5-8-20-41)57-36-61-63(51-29-17-15-27-49(51)57)53-35-54-60(38-59(53)67-61)68-62-37-58(50-28-16-18-30-52(50)64(54)62)66(42-21-9-6-10-22-42)56-34-32-44(40(3)4)46-24-12-14-26-48(46)56/h5-40H,1-4H3. The third-order valence-corrected chi connectivity index (χ3v) is 14.1. The van der Waals surface area contributed by atoms with Crippen LogP contribution in [0, 0.1) is 0 Å². The molecular weight excluding hydrogens is 829 g/mol. The molecule has 0 spiro atoms. The summed E-state index contributed by atoms with van der Waals surface area (Å²) in [5.41, 5.74) is 12.5. The molecule has 0 aliphatic rings. The topological polar surface area (TPSA) is 32.8 Å². The number of hydrogen-bond donors (Lipinski definition) is 0. The second kappa shape index (κ2) is 15.6. The van der Waals surface area contributed by atoms with E-state index < -0.39 is 0 Å². The SMILES string of the molecule is CC(C)c1ccc(N(c2ccccc2)c2cc3oc4cc5oc6cc(N(c7ccccc7)c7ccc(C(C)C)c8ccccc78)c7ccccc7c6c5cc4c3c3ccccc23)c2ccccc12. The van der Waals surface area contributed by atoms with E-state index in [9.17, 15) is 0 Å². The number of furan rings is 2. The van der Waals surface area contributed by atoms with E-state index in [1.54, 1.807) is 0 Å². The molecule has 4 nitrogen and oxygen atoms in total. The Labute approximate surface area is 394 Å². The zero-order chi connectivity index (χ0) is 45.6. The normalized spacial score (nSPS) is 12.1. The summed E-state index contributed by atoms with van der Waals surface area (Å²) in [6, 6.07) is 74.7. The number of anilines is 6. The summed E-state index contributed by atoms with van der Waals surface area (Å²) in [5.74, 6) is 0.781. The third kappa shape index (κ3) is 6.14. The first-order valence-corrected chi connectivity index (χ1v) is 23.8. The first-order chi connectivity index (χ1) is 33.4. The molecule has 2 heterocycles. The van der Waals surface area contributed by atoms with E-state index in [0.29, 0.717) is 11.8 Å². The van der Waals surface area contributed by atoms with Crippen LogP contribution in [0.1, 0.15) is 50.7 Å². The van der Waals surface area contributed by atoms with Crippen molar-refractivity contribution in [2.45, 2.75) is 39.5 Å². The third-order valence-electron chi connectivity index (χ3n) is 14.1. The van der Waals surface area contributed by atoms with Gasteiger partial charge in [-0.3, -0.25) is 0 Å². The molecule has 0 aliphatic heterocycles. The van der Waals surface area contributed by atoms with Crippen molar-refractivity contribution >= 4 is 121 Å². The monoisotopic (exact) mass is 876 g/mol. The van der Waals surface area contributed by atoms with Crippen molar-refractivity contribution in [2.75, 3.05) is 9.80 Å². The fraction of sp³-hybridized carbons (Fsp3) is 0.0938. The van der Waals surface area contributed by atoms with Gasteiger partial charge in [0.2, 0.25) is 0 Å². The van der Waals surface area contributed by atoms with Crippen LogP contribution in [0.25, 0.3) is 87.0 Å². The lowest BCUT2D eigenvalue weighted by Gasteiger charge is -2.29. The maximum atomic E-state index is 7.00. The molecule has 13 aromatic rings. The van der Waals surface area contributed by atoms with Crippen LogP contribution in [0.5, 0.6) is 0 Å². The van der Waals surface area contributed by atoms with Gasteiger partial charge in [0.25, 0.3) is 0 Å². The summed E-state index contributed by atoms with van der Waals surface area (Å²) >= 11 is 0. The van der Waals surface area contributed by atoms with Crippen molar-refractivity contribution < 1.29 is 8.83 Å². The highest BCUT2D eigenvalue weighted by Gasteiger charge is 2.26.